The molecule has 0 spiro atoms. The van der Waals surface area contributed by atoms with Crippen LogP contribution in [0.15, 0.2) is 26.9 Å². The first kappa shape index (κ1) is 14.3. The lowest BCUT2D eigenvalue weighted by atomic mass is 10.3. The number of para-hydroxylation sites is 1. The van der Waals surface area contributed by atoms with E-state index in [1.807, 2.05) is 0 Å². The second-order valence-corrected chi connectivity index (χ2v) is 8.56. The number of rotatable bonds is 3. The van der Waals surface area contributed by atoms with E-state index in [0.29, 0.717) is 12.8 Å². The van der Waals surface area contributed by atoms with Crippen molar-refractivity contribution in [3.05, 3.63) is 24.0 Å². The molecule has 0 saturated carbocycles. The molecule has 8 heteroatoms. The average molecular weight is 307 g/mol. The van der Waals surface area contributed by atoms with E-state index in [2.05, 4.69) is 3.77 Å². The lowest BCUT2D eigenvalue weighted by Crippen LogP contribution is -2.08. The van der Waals surface area contributed by atoms with Crippen molar-refractivity contribution in [2.45, 2.75) is 17.7 Å². The lowest BCUT2D eigenvalue weighted by molar-refractivity contribution is 0.374. The SMILES string of the molecule is COc1c(F)cccc1S(=O)(=O)N=S1(=O)CCCC1. The van der Waals surface area contributed by atoms with Crippen molar-refractivity contribution < 1.29 is 21.8 Å². The number of sulfonamides is 1. The molecule has 0 N–H and O–H groups in total. The summed E-state index contributed by atoms with van der Waals surface area (Å²) in [4.78, 5) is -0.385. The van der Waals surface area contributed by atoms with E-state index in [1.54, 1.807) is 0 Å². The van der Waals surface area contributed by atoms with Gasteiger partial charge in [0.25, 0.3) is 10.0 Å². The Bertz CT molecular complexity index is 693. The standard InChI is InChI=1S/C11H14FNO4S2/c1-17-11-9(12)5-4-6-10(11)19(15,16)13-18(14)7-2-3-8-18/h4-6H,2-3,7-8H2,1H3. The minimum Gasteiger partial charge on any atom is -0.492 e. The summed E-state index contributed by atoms with van der Waals surface area (Å²) < 4.78 is 58.2. The van der Waals surface area contributed by atoms with Crippen molar-refractivity contribution in [1.29, 1.82) is 0 Å². The zero-order valence-electron chi connectivity index (χ0n) is 10.3. The maximum atomic E-state index is 13.5. The fraction of sp³-hybridized carbons (Fsp3) is 0.455. The highest BCUT2D eigenvalue weighted by atomic mass is 32.3. The molecule has 5 nitrogen and oxygen atoms in total. The topological polar surface area (TPSA) is 72.8 Å². The van der Waals surface area contributed by atoms with Crippen LogP contribution in [0.2, 0.25) is 0 Å². The summed E-state index contributed by atoms with van der Waals surface area (Å²) >= 11 is 0. The number of hydrogen-bond acceptors (Lipinski definition) is 4. The van der Waals surface area contributed by atoms with Gasteiger partial charge in [-0.05, 0) is 25.0 Å². The van der Waals surface area contributed by atoms with Crippen LogP contribution in [0.5, 0.6) is 5.75 Å². The fourth-order valence-electron chi connectivity index (χ4n) is 1.94. The van der Waals surface area contributed by atoms with Crippen molar-refractivity contribution in [2.75, 3.05) is 18.6 Å². The molecule has 106 valence electrons. The first-order valence-electron chi connectivity index (χ1n) is 5.69. The van der Waals surface area contributed by atoms with Crippen LogP contribution in [0.25, 0.3) is 0 Å². The molecule has 0 amide bonds. The van der Waals surface area contributed by atoms with Crippen molar-refractivity contribution in [3.8, 4) is 5.75 Å². The minimum atomic E-state index is -4.18. The number of nitrogens with zero attached hydrogens (tertiary/aromatic N) is 1. The molecule has 0 bridgehead atoms. The molecule has 1 aromatic carbocycles. The van der Waals surface area contributed by atoms with Crippen LogP contribution in [0.3, 0.4) is 0 Å². The van der Waals surface area contributed by atoms with Gasteiger partial charge in [-0.15, -0.1) is 3.77 Å². The Morgan fingerprint density at radius 3 is 2.53 bits per heavy atom. The average Bonchev–Trinajstić information content (AvgIpc) is 2.74. The largest absolute Gasteiger partial charge is 0.492 e. The van der Waals surface area contributed by atoms with Crippen LogP contribution in [0.1, 0.15) is 12.8 Å². The van der Waals surface area contributed by atoms with Crippen LogP contribution in [0.4, 0.5) is 4.39 Å². The van der Waals surface area contributed by atoms with Crippen molar-refractivity contribution in [3.63, 3.8) is 0 Å². The molecule has 1 aromatic rings. The van der Waals surface area contributed by atoms with E-state index in [-0.39, 0.29) is 16.4 Å². The van der Waals surface area contributed by atoms with Crippen LogP contribution in [0, 0.1) is 5.82 Å². The molecule has 0 aliphatic carbocycles. The summed E-state index contributed by atoms with van der Waals surface area (Å²) in [5.74, 6) is -0.652. The molecule has 1 aliphatic rings. The molecule has 0 atom stereocenters. The monoisotopic (exact) mass is 307 g/mol. The number of methoxy groups -OCH3 is 1. The summed E-state index contributed by atoms with van der Waals surface area (Å²) in [6, 6.07) is 3.54. The molecule has 2 rings (SSSR count). The third-order valence-corrected chi connectivity index (χ3v) is 7.43. The van der Waals surface area contributed by atoms with Crippen molar-refractivity contribution in [1.82, 2.24) is 0 Å². The van der Waals surface area contributed by atoms with Crippen LogP contribution >= 0.6 is 0 Å². The zero-order chi connectivity index (χ0) is 14.1. The Morgan fingerprint density at radius 1 is 1.32 bits per heavy atom. The third-order valence-electron chi connectivity index (χ3n) is 2.82. The van der Waals surface area contributed by atoms with Gasteiger partial charge in [-0.1, -0.05) is 6.07 Å². The summed E-state index contributed by atoms with van der Waals surface area (Å²) in [7, 11) is -5.75. The smallest absolute Gasteiger partial charge is 0.293 e. The first-order valence-corrected chi connectivity index (χ1v) is 8.99. The number of hydrogen-bond donors (Lipinski definition) is 0. The summed E-state index contributed by atoms with van der Waals surface area (Å²) in [6.45, 7) is 0. The van der Waals surface area contributed by atoms with E-state index >= 15 is 0 Å². The maximum Gasteiger partial charge on any atom is 0.293 e. The van der Waals surface area contributed by atoms with Crippen LogP contribution < -0.4 is 4.74 Å². The molecule has 0 unspecified atom stereocenters. The number of benzene rings is 1. The number of halogens is 1. The molecule has 1 fully saturated rings. The molecule has 1 heterocycles. The highest BCUT2D eigenvalue weighted by molar-refractivity contribution is 8.03. The number of ether oxygens (including phenoxy) is 1. The third kappa shape index (κ3) is 2.89. The normalized spacial score (nSPS) is 18.2. The van der Waals surface area contributed by atoms with Crippen molar-refractivity contribution in [2.24, 2.45) is 3.77 Å². The summed E-state index contributed by atoms with van der Waals surface area (Å²) in [5, 5.41) is 0. The quantitative estimate of drug-likeness (QED) is 0.853. The minimum absolute atomic E-state index is 0.268. The predicted molar refractivity (Wildman–Crippen MR) is 69.7 cm³/mol. The van der Waals surface area contributed by atoms with Gasteiger partial charge in [0, 0.05) is 11.5 Å². The van der Waals surface area contributed by atoms with Gasteiger partial charge in [-0.2, -0.15) is 8.42 Å². The Kier molecular flexibility index (Phi) is 3.82. The molecule has 1 aliphatic heterocycles. The van der Waals surface area contributed by atoms with Crippen LogP contribution in [-0.2, 0) is 19.8 Å². The molecule has 1 saturated heterocycles. The summed E-state index contributed by atoms with van der Waals surface area (Å²) in [6.07, 6.45) is 1.39. The second kappa shape index (κ2) is 5.09. The highest BCUT2D eigenvalue weighted by Gasteiger charge is 2.26. The maximum absolute atomic E-state index is 13.5. The second-order valence-electron chi connectivity index (χ2n) is 4.21. The lowest BCUT2D eigenvalue weighted by Gasteiger charge is -2.08. The molecular weight excluding hydrogens is 293 g/mol. The highest BCUT2D eigenvalue weighted by Crippen LogP contribution is 2.29. The van der Waals surface area contributed by atoms with Gasteiger partial charge in [-0.3, -0.25) is 0 Å². The Labute approximate surface area is 112 Å². The Balaban J connectivity index is 2.58. The van der Waals surface area contributed by atoms with Gasteiger partial charge in [0.2, 0.25) is 0 Å². The summed E-state index contributed by atoms with van der Waals surface area (Å²) in [5.41, 5.74) is 0. The molecule has 0 aromatic heterocycles. The van der Waals surface area contributed by atoms with E-state index < -0.39 is 31.3 Å². The zero-order valence-corrected chi connectivity index (χ0v) is 12.0. The van der Waals surface area contributed by atoms with Crippen LogP contribution in [-0.4, -0.2) is 31.2 Å². The van der Waals surface area contributed by atoms with Gasteiger partial charge < -0.3 is 4.74 Å². The predicted octanol–water partition coefficient (Wildman–Crippen LogP) is 1.78. The van der Waals surface area contributed by atoms with Gasteiger partial charge >= 0.3 is 0 Å². The van der Waals surface area contributed by atoms with E-state index in [4.69, 9.17) is 4.74 Å². The molecule has 19 heavy (non-hydrogen) atoms. The van der Waals surface area contributed by atoms with Gasteiger partial charge in [0.15, 0.2) is 11.6 Å². The fourth-order valence-corrected chi connectivity index (χ4v) is 6.47. The van der Waals surface area contributed by atoms with Gasteiger partial charge in [-0.25, -0.2) is 8.60 Å². The van der Waals surface area contributed by atoms with E-state index in [9.17, 15) is 17.0 Å². The van der Waals surface area contributed by atoms with E-state index in [1.165, 1.54) is 19.2 Å². The van der Waals surface area contributed by atoms with Gasteiger partial charge in [0.1, 0.15) is 4.90 Å². The molecular formula is C11H14FNO4S2. The van der Waals surface area contributed by atoms with Crippen molar-refractivity contribution >= 4 is 19.8 Å². The molecule has 0 radical (unpaired) electrons. The Hall–Kier alpha value is -1.15. The Morgan fingerprint density at radius 2 is 1.95 bits per heavy atom. The van der Waals surface area contributed by atoms with E-state index in [0.717, 1.165) is 6.07 Å². The van der Waals surface area contributed by atoms with Gasteiger partial charge in [0.05, 0.1) is 16.8 Å². The first-order chi connectivity index (χ1) is 8.88.